The third-order valence-electron chi connectivity index (χ3n) is 2.57. The van der Waals surface area contributed by atoms with Crippen LogP contribution in [-0.4, -0.2) is 26.9 Å². The lowest BCUT2D eigenvalue weighted by Crippen LogP contribution is -2.31. The Morgan fingerprint density at radius 3 is 2.57 bits per heavy atom. The molecule has 0 unspecified atom stereocenters. The topological polar surface area (TPSA) is 122 Å². The number of nitrogens with two attached hydrogens (primary N) is 1. The van der Waals surface area contributed by atoms with E-state index in [9.17, 15) is 14.0 Å². The SMILES string of the molecule is NNC(=O)Cc1cc(NC(=O)O)n(-c2ccc(F)cc2)n1. The molecule has 2 amide bonds. The molecule has 0 aliphatic rings. The van der Waals surface area contributed by atoms with Crippen LogP contribution in [0, 0.1) is 5.82 Å². The lowest BCUT2D eigenvalue weighted by molar-refractivity contribution is -0.120. The molecule has 2 aromatic rings. The molecule has 0 saturated heterocycles. The predicted molar refractivity (Wildman–Crippen MR) is 71.2 cm³/mol. The van der Waals surface area contributed by atoms with E-state index in [0.717, 1.165) is 0 Å². The summed E-state index contributed by atoms with van der Waals surface area (Å²) in [6.07, 6.45) is -1.40. The molecule has 8 nitrogen and oxygen atoms in total. The van der Waals surface area contributed by atoms with Gasteiger partial charge in [0.1, 0.15) is 11.6 Å². The van der Waals surface area contributed by atoms with Gasteiger partial charge in [0.25, 0.3) is 0 Å². The zero-order valence-electron chi connectivity index (χ0n) is 10.7. The molecule has 9 heteroatoms. The second-order valence-corrected chi connectivity index (χ2v) is 4.08. The molecule has 5 N–H and O–H groups in total. The van der Waals surface area contributed by atoms with Crippen LogP contribution < -0.4 is 16.6 Å². The van der Waals surface area contributed by atoms with Crippen molar-refractivity contribution in [1.29, 1.82) is 0 Å². The molecule has 1 aromatic heterocycles. The zero-order chi connectivity index (χ0) is 15.4. The summed E-state index contributed by atoms with van der Waals surface area (Å²) in [7, 11) is 0. The van der Waals surface area contributed by atoms with Crippen LogP contribution in [0.4, 0.5) is 15.0 Å². The van der Waals surface area contributed by atoms with Crippen molar-refractivity contribution in [2.24, 2.45) is 5.84 Å². The fourth-order valence-corrected chi connectivity index (χ4v) is 1.71. The van der Waals surface area contributed by atoms with Crippen LogP contribution in [0.5, 0.6) is 0 Å². The highest BCUT2D eigenvalue weighted by Crippen LogP contribution is 2.18. The van der Waals surface area contributed by atoms with Crippen LogP contribution in [0.1, 0.15) is 5.69 Å². The molecule has 2 rings (SSSR count). The second kappa shape index (κ2) is 6.01. The number of aromatic nitrogens is 2. The van der Waals surface area contributed by atoms with Gasteiger partial charge in [0.2, 0.25) is 5.91 Å². The van der Waals surface area contributed by atoms with Crippen molar-refractivity contribution >= 4 is 17.8 Å². The standard InChI is InChI=1S/C12H12FN5O3/c13-7-1-3-9(4-2-7)18-10(15-12(20)21)5-8(17-18)6-11(19)16-14/h1-5,15H,6,14H2,(H,16,19)(H,20,21). The largest absolute Gasteiger partial charge is 0.465 e. The van der Waals surface area contributed by atoms with Crippen molar-refractivity contribution in [1.82, 2.24) is 15.2 Å². The lowest BCUT2D eigenvalue weighted by Gasteiger charge is -2.06. The third kappa shape index (κ3) is 3.54. The summed E-state index contributed by atoms with van der Waals surface area (Å²) in [6, 6.07) is 6.69. The van der Waals surface area contributed by atoms with Gasteiger partial charge in [0.15, 0.2) is 0 Å². The van der Waals surface area contributed by atoms with Gasteiger partial charge in [-0.3, -0.25) is 15.5 Å². The Balaban J connectivity index is 2.39. The van der Waals surface area contributed by atoms with E-state index in [1.54, 1.807) is 0 Å². The first-order chi connectivity index (χ1) is 9.99. The summed E-state index contributed by atoms with van der Waals surface area (Å²) in [5.41, 5.74) is 2.71. The minimum absolute atomic E-state index is 0.112. The Kier molecular flexibility index (Phi) is 4.14. The van der Waals surface area contributed by atoms with E-state index >= 15 is 0 Å². The van der Waals surface area contributed by atoms with Gasteiger partial charge in [0, 0.05) is 6.07 Å². The van der Waals surface area contributed by atoms with Crippen molar-refractivity contribution in [3.05, 3.63) is 41.8 Å². The number of nitrogens with one attached hydrogen (secondary N) is 2. The number of carbonyl (C=O) groups is 2. The highest BCUT2D eigenvalue weighted by molar-refractivity contribution is 5.83. The van der Waals surface area contributed by atoms with Crippen LogP contribution in [0.25, 0.3) is 5.69 Å². The Morgan fingerprint density at radius 1 is 1.33 bits per heavy atom. The predicted octanol–water partition coefficient (Wildman–Crippen LogP) is 0.634. The molecule has 0 bridgehead atoms. The molecule has 0 atom stereocenters. The maximum Gasteiger partial charge on any atom is 0.410 e. The van der Waals surface area contributed by atoms with E-state index in [4.69, 9.17) is 10.9 Å². The van der Waals surface area contributed by atoms with Gasteiger partial charge in [-0.1, -0.05) is 0 Å². The average Bonchev–Trinajstić information content (AvgIpc) is 2.81. The van der Waals surface area contributed by atoms with Gasteiger partial charge in [-0.05, 0) is 24.3 Å². The number of rotatable bonds is 4. The summed E-state index contributed by atoms with van der Waals surface area (Å²) >= 11 is 0. The molecule has 0 radical (unpaired) electrons. The molecular weight excluding hydrogens is 281 g/mol. The fraction of sp³-hybridized carbons (Fsp3) is 0.0833. The lowest BCUT2D eigenvalue weighted by atomic mass is 10.3. The average molecular weight is 293 g/mol. The molecular formula is C12H12FN5O3. The number of amides is 2. The minimum Gasteiger partial charge on any atom is -0.465 e. The van der Waals surface area contributed by atoms with E-state index in [0.29, 0.717) is 11.4 Å². The van der Waals surface area contributed by atoms with Gasteiger partial charge in [-0.25, -0.2) is 19.7 Å². The highest BCUT2D eigenvalue weighted by atomic mass is 19.1. The Bertz CT molecular complexity index is 668. The van der Waals surface area contributed by atoms with Crippen molar-refractivity contribution < 1.29 is 19.1 Å². The fourth-order valence-electron chi connectivity index (χ4n) is 1.71. The second-order valence-electron chi connectivity index (χ2n) is 4.08. The van der Waals surface area contributed by atoms with Crippen LogP contribution >= 0.6 is 0 Å². The van der Waals surface area contributed by atoms with Gasteiger partial charge in [-0.2, -0.15) is 5.10 Å². The van der Waals surface area contributed by atoms with E-state index < -0.39 is 17.8 Å². The van der Waals surface area contributed by atoms with Crippen molar-refractivity contribution in [2.45, 2.75) is 6.42 Å². The van der Waals surface area contributed by atoms with E-state index in [-0.39, 0.29) is 12.2 Å². The van der Waals surface area contributed by atoms with Crippen LogP contribution in [-0.2, 0) is 11.2 Å². The smallest absolute Gasteiger partial charge is 0.410 e. The number of halogens is 1. The van der Waals surface area contributed by atoms with Crippen molar-refractivity contribution in [3.63, 3.8) is 0 Å². The van der Waals surface area contributed by atoms with E-state index in [1.165, 1.54) is 35.0 Å². The zero-order valence-corrected chi connectivity index (χ0v) is 10.7. The van der Waals surface area contributed by atoms with Crippen molar-refractivity contribution in [3.8, 4) is 5.69 Å². The number of nitrogens with zero attached hydrogens (tertiary/aromatic N) is 2. The molecule has 110 valence electrons. The van der Waals surface area contributed by atoms with Crippen LogP contribution in [0.2, 0.25) is 0 Å². The van der Waals surface area contributed by atoms with Gasteiger partial charge in [0.05, 0.1) is 17.8 Å². The first-order valence-electron chi connectivity index (χ1n) is 5.84. The maximum absolute atomic E-state index is 12.9. The van der Waals surface area contributed by atoms with Gasteiger partial charge >= 0.3 is 6.09 Å². The first kappa shape index (κ1) is 14.5. The molecule has 21 heavy (non-hydrogen) atoms. The molecule has 1 heterocycles. The number of anilines is 1. The summed E-state index contributed by atoms with van der Waals surface area (Å²) < 4.78 is 14.2. The number of carbonyl (C=O) groups excluding carboxylic acids is 1. The number of hydrazine groups is 1. The molecule has 1 aromatic carbocycles. The van der Waals surface area contributed by atoms with E-state index in [2.05, 4.69) is 10.4 Å². The molecule has 0 saturated carbocycles. The van der Waals surface area contributed by atoms with Crippen LogP contribution in [0.15, 0.2) is 30.3 Å². The summed E-state index contributed by atoms with van der Waals surface area (Å²) in [6.45, 7) is 0. The monoisotopic (exact) mass is 293 g/mol. The van der Waals surface area contributed by atoms with Crippen LogP contribution in [0.3, 0.4) is 0 Å². The van der Waals surface area contributed by atoms with E-state index in [1.807, 2.05) is 5.43 Å². The molecule has 0 fully saturated rings. The maximum atomic E-state index is 12.9. The number of hydrogen-bond donors (Lipinski definition) is 4. The number of benzene rings is 1. The Labute approximate surface area is 118 Å². The summed E-state index contributed by atoms with van der Waals surface area (Å²) in [4.78, 5) is 22.0. The quantitative estimate of drug-likeness (QED) is 0.374. The Hall–Kier alpha value is -2.94. The van der Waals surface area contributed by atoms with Crippen molar-refractivity contribution in [2.75, 3.05) is 5.32 Å². The molecule has 0 spiro atoms. The molecule has 0 aliphatic heterocycles. The Morgan fingerprint density at radius 2 is 2.00 bits per heavy atom. The summed E-state index contributed by atoms with van der Waals surface area (Å²) in [5.74, 6) is 4.22. The molecule has 0 aliphatic carbocycles. The highest BCUT2D eigenvalue weighted by Gasteiger charge is 2.14. The normalized spacial score (nSPS) is 10.2. The van der Waals surface area contributed by atoms with Gasteiger partial charge < -0.3 is 5.11 Å². The minimum atomic E-state index is -1.28. The third-order valence-corrected chi connectivity index (χ3v) is 2.57. The number of hydrogen-bond acceptors (Lipinski definition) is 4. The first-order valence-corrected chi connectivity index (χ1v) is 5.84. The van der Waals surface area contributed by atoms with Gasteiger partial charge in [-0.15, -0.1) is 0 Å². The number of carboxylic acid groups (broad SMARTS) is 1. The summed E-state index contributed by atoms with van der Waals surface area (Å²) in [5, 5.41) is 15.1.